The van der Waals surface area contributed by atoms with E-state index in [4.69, 9.17) is 17.3 Å². The number of rotatable bonds is 7. The number of aromatic amines is 1. The fourth-order valence-corrected chi connectivity index (χ4v) is 4.60. The molecule has 1 saturated heterocycles. The number of H-pyrrole nitrogens is 1. The molecule has 34 heavy (non-hydrogen) atoms. The summed E-state index contributed by atoms with van der Waals surface area (Å²) in [6.07, 6.45) is 10.6. The zero-order valence-electron chi connectivity index (χ0n) is 18.7. The average Bonchev–Trinajstić information content (AvgIpc) is 3.55. The first-order valence-corrected chi connectivity index (χ1v) is 11.7. The van der Waals surface area contributed by atoms with Gasteiger partial charge in [0.1, 0.15) is 17.8 Å². The van der Waals surface area contributed by atoms with Crippen molar-refractivity contribution in [1.29, 1.82) is 0 Å². The molecule has 9 nitrogen and oxygen atoms in total. The van der Waals surface area contributed by atoms with Gasteiger partial charge in [-0.1, -0.05) is 23.7 Å². The van der Waals surface area contributed by atoms with Crippen molar-refractivity contribution in [3.63, 3.8) is 0 Å². The van der Waals surface area contributed by atoms with E-state index in [2.05, 4.69) is 30.2 Å². The van der Waals surface area contributed by atoms with Gasteiger partial charge in [-0.15, -0.1) is 0 Å². The number of carbonyl (C=O) groups is 1. The summed E-state index contributed by atoms with van der Waals surface area (Å²) < 4.78 is 2.00. The summed E-state index contributed by atoms with van der Waals surface area (Å²) in [5.41, 5.74) is 7.52. The highest BCUT2D eigenvalue weighted by molar-refractivity contribution is 6.30. The second kappa shape index (κ2) is 9.44. The van der Waals surface area contributed by atoms with Crippen LogP contribution < -0.4 is 16.0 Å². The molecule has 1 fully saturated rings. The predicted octanol–water partition coefficient (Wildman–Crippen LogP) is 3.05. The Kier molecular flexibility index (Phi) is 6.21. The fraction of sp³-hybridized carbons (Fsp3) is 0.333. The van der Waals surface area contributed by atoms with Crippen molar-refractivity contribution in [1.82, 2.24) is 29.8 Å². The lowest BCUT2D eigenvalue weighted by Crippen LogP contribution is -2.60. The highest BCUT2D eigenvalue weighted by Crippen LogP contribution is 2.29. The molecule has 4 N–H and O–H groups in total. The van der Waals surface area contributed by atoms with Crippen LogP contribution in [0.15, 0.2) is 61.6 Å². The number of piperidine rings is 1. The summed E-state index contributed by atoms with van der Waals surface area (Å²) in [6, 6.07) is 9.36. The summed E-state index contributed by atoms with van der Waals surface area (Å²) in [5.74, 6) is 0.736. The molecule has 4 aromatic rings. The third-order valence-corrected chi connectivity index (χ3v) is 6.81. The molecule has 1 amide bonds. The number of hydrogen-bond donors (Lipinski definition) is 3. The molecule has 1 atom stereocenters. The van der Waals surface area contributed by atoms with E-state index in [9.17, 15) is 4.79 Å². The van der Waals surface area contributed by atoms with Gasteiger partial charge in [-0.05, 0) is 43.0 Å². The number of imidazole rings is 1. The first-order valence-electron chi connectivity index (χ1n) is 11.4. The molecule has 4 heterocycles. The van der Waals surface area contributed by atoms with Gasteiger partial charge in [0.05, 0.1) is 23.3 Å². The number of nitrogens with zero attached hydrogens (tertiary/aromatic N) is 5. The first-order chi connectivity index (χ1) is 16.5. The molecule has 0 radical (unpaired) electrons. The Hall–Kier alpha value is -3.43. The molecular formula is C24H27ClN8O. The first kappa shape index (κ1) is 22.4. The Morgan fingerprint density at radius 3 is 2.74 bits per heavy atom. The normalized spacial score (nSPS) is 16.5. The minimum absolute atomic E-state index is 0.132. The van der Waals surface area contributed by atoms with Crippen molar-refractivity contribution in [3.05, 3.63) is 72.2 Å². The summed E-state index contributed by atoms with van der Waals surface area (Å²) in [7, 11) is 0. The molecule has 5 rings (SSSR count). The number of aromatic nitrogens is 5. The van der Waals surface area contributed by atoms with Gasteiger partial charge >= 0.3 is 0 Å². The molecule has 10 heteroatoms. The van der Waals surface area contributed by atoms with Crippen LogP contribution in [0.5, 0.6) is 0 Å². The summed E-state index contributed by atoms with van der Waals surface area (Å²) in [6.45, 7) is 2.00. The summed E-state index contributed by atoms with van der Waals surface area (Å²) in [4.78, 5) is 31.5. The monoisotopic (exact) mass is 478 g/mol. The van der Waals surface area contributed by atoms with Crippen molar-refractivity contribution in [2.45, 2.75) is 37.4 Å². The molecule has 176 valence electrons. The molecule has 1 aromatic carbocycles. The van der Waals surface area contributed by atoms with Crippen LogP contribution in [-0.2, 0) is 11.3 Å². The largest absolute Gasteiger partial charge is 0.356 e. The standard InChI is InChI=1S/C24H27ClN8O/c25-18-3-1-17(2-4-18)20(6-11-32-14-10-27-16-32)31-23(34)24(26)7-12-33(13-8-24)22-19-5-9-28-21(19)29-15-30-22/h1-5,9-10,14-16,20H,6-8,11-13,26H2,(H,31,34)(H,28,29,30)/t20-/m0/s1. The molecule has 1 aliphatic rings. The molecular weight excluding hydrogens is 452 g/mol. The number of anilines is 1. The van der Waals surface area contributed by atoms with Gasteiger partial charge in [-0.3, -0.25) is 4.79 Å². The quantitative estimate of drug-likeness (QED) is 0.375. The molecule has 0 spiro atoms. The zero-order chi connectivity index (χ0) is 23.5. The molecule has 0 aliphatic carbocycles. The number of carbonyl (C=O) groups excluding carboxylic acids is 1. The molecule has 3 aromatic heterocycles. The van der Waals surface area contributed by atoms with E-state index in [1.165, 1.54) is 0 Å². The summed E-state index contributed by atoms with van der Waals surface area (Å²) >= 11 is 6.08. The summed E-state index contributed by atoms with van der Waals surface area (Å²) in [5, 5.41) is 4.85. The van der Waals surface area contributed by atoms with E-state index in [1.807, 2.05) is 47.3 Å². The maximum atomic E-state index is 13.4. The van der Waals surface area contributed by atoms with Crippen LogP contribution in [0.3, 0.4) is 0 Å². The Bertz CT molecular complexity index is 1250. The number of aryl methyl sites for hydroxylation is 1. The smallest absolute Gasteiger partial charge is 0.240 e. The Morgan fingerprint density at radius 2 is 2.00 bits per heavy atom. The SMILES string of the molecule is NC1(C(=O)N[C@@H](CCn2ccnc2)c2ccc(Cl)cc2)CCN(c2ncnc3[nH]ccc23)CC1. The van der Waals surface area contributed by atoms with Crippen molar-refractivity contribution < 1.29 is 4.79 Å². The third kappa shape index (κ3) is 4.62. The lowest BCUT2D eigenvalue weighted by atomic mass is 9.87. The molecule has 0 unspecified atom stereocenters. The van der Waals surface area contributed by atoms with Gasteiger partial charge < -0.3 is 25.5 Å². The number of nitrogens with one attached hydrogen (secondary N) is 2. The maximum Gasteiger partial charge on any atom is 0.240 e. The van der Waals surface area contributed by atoms with E-state index in [0.717, 1.165) is 29.0 Å². The van der Waals surface area contributed by atoms with E-state index in [0.29, 0.717) is 37.4 Å². The fourth-order valence-electron chi connectivity index (χ4n) is 4.47. The minimum Gasteiger partial charge on any atom is -0.356 e. The Balaban J connectivity index is 1.28. The van der Waals surface area contributed by atoms with Crippen LogP contribution in [0.2, 0.25) is 5.02 Å². The second-order valence-electron chi connectivity index (χ2n) is 8.75. The number of hydrogen-bond acceptors (Lipinski definition) is 6. The third-order valence-electron chi connectivity index (χ3n) is 6.55. The van der Waals surface area contributed by atoms with Crippen molar-refractivity contribution >= 4 is 34.4 Å². The van der Waals surface area contributed by atoms with Gasteiger partial charge in [0.15, 0.2) is 0 Å². The maximum absolute atomic E-state index is 13.4. The predicted molar refractivity (Wildman–Crippen MR) is 131 cm³/mol. The van der Waals surface area contributed by atoms with Crippen LogP contribution in [0.25, 0.3) is 11.0 Å². The number of nitrogens with two attached hydrogens (primary N) is 1. The highest BCUT2D eigenvalue weighted by atomic mass is 35.5. The van der Waals surface area contributed by atoms with E-state index in [-0.39, 0.29) is 11.9 Å². The van der Waals surface area contributed by atoms with E-state index >= 15 is 0 Å². The minimum atomic E-state index is -0.944. The van der Waals surface area contributed by atoms with E-state index < -0.39 is 5.54 Å². The van der Waals surface area contributed by atoms with Crippen molar-refractivity contribution in [3.8, 4) is 0 Å². The number of fused-ring (bicyclic) bond motifs is 1. The number of benzene rings is 1. The van der Waals surface area contributed by atoms with Crippen molar-refractivity contribution in [2.24, 2.45) is 5.73 Å². The lowest BCUT2D eigenvalue weighted by molar-refractivity contribution is -0.128. The highest BCUT2D eigenvalue weighted by Gasteiger charge is 2.39. The van der Waals surface area contributed by atoms with Gasteiger partial charge in [0, 0.05) is 43.2 Å². The number of amides is 1. The number of halogens is 1. The van der Waals surface area contributed by atoms with Crippen LogP contribution in [0.4, 0.5) is 5.82 Å². The van der Waals surface area contributed by atoms with Crippen LogP contribution in [-0.4, -0.2) is 49.0 Å². The topological polar surface area (TPSA) is 118 Å². The van der Waals surface area contributed by atoms with Gasteiger partial charge in [-0.25, -0.2) is 15.0 Å². The lowest BCUT2D eigenvalue weighted by Gasteiger charge is -2.39. The van der Waals surface area contributed by atoms with Gasteiger partial charge in [0.25, 0.3) is 0 Å². The molecule has 0 bridgehead atoms. The van der Waals surface area contributed by atoms with Crippen LogP contribution >= 0.6 is 11.6 Å². The van der Waals surface area contributed by atoms with Gasteiger partial charge in [0.2, 0.25) is 5.91 Å². The second-order valence-corrected chi connectivity index (χ2v) is 9.18. The van der Waals surface area contributed by atoms with E-state index in [1.54, 1.807) is 18.9 Å². The molecule has 1 aliphatic heterocycles. The Labute approximate surface area is 202 Å². The zero-order valence-corrected chi connectivity index (χ0v) is 19.4. The Morgan fingerprint density at radius 1 is 1.21 bits per heavy atom. The van der Waals surface area contributed by atoms with Crippen LogP contribution in [0, 0.1) is 0 Å². The molecule has 0 saturated carbocycles. The van der Waals surface area contributed by atoms with Crippen LogP contribution in [0.1, 0.15) is 30.9 Å². The van der Waals surface area contributed by atoms with Crippen molar-refractivity contribution in [2.75, 3.05) is 18.0 Å². The average molecular weight is 479 g/mol. The van der Waals surface area contributed by atoms with Gasteiger partial charge in [-0.2, -0.15) is 0 Å².